The molecule has 3 heteroatoms. The summed E-state index contributed by atoms with van der Waals surface area (Å²) in [5.41, 5.74) is 2.00. The first kappa shape index (κ1) is 18.9. The average Bonchev–Trinajstić information content (AvgIpc) is 2.68. The molecule has 0 amide bonds. The Bertz CT molecular complexity index is 626. The number of nitrogens with zero attached hydrogens (tertiary/aromatic N) is 1. The van der Waals surface area contributed by atoms with E-state index < -0.39 is 6.10 Å². The number of likely N-dealkylation sites (tertiary alicyclic amines) is 1. The monoisotopic (exact) mass is 383 g/mol. The van der Waals surface area contributed by atoms with Gasteiger partial charge in [-0.1, -0.05) is 19.1 Å². The van der Waals surface area contributed by atoms with Gasteiger partial charge in [0.15, 0.2) is 0 Å². The molecule has 1 aromatic rings. The minimum Gasteiger partial charge on any atom is -0.491 e. The normalized spacial score (nSPS) is 36.6. The molecular formula is C25H37NO2. The number of piperidine rings is 1. The van der Waals surface area contributed by atoms with Gasteiger partial charge in [0.1, 0.15) is 18.5 Å². The van der Waals surface area contributed by atoms with E-state index in [0.29, 0.717) is 12.0 Å². The summed E-state index contributed by atoms with van der Waals surface area (Å²) >= 11 is 0. The molecule has 154 valence electrons. The van der Waals surface area contributed by atoms with Gasteiger partial charge in [-0.25, -0.2) is 0 Å². The maximum atomic E-state index is 10.4. The van der Waals surface area contributed by atoms with Crippen molar-refractivity contribution in [1.29, 1.82) is 0 Å². The predicted octanol–water partition coefficient (Wildman–Crippen LogP) is 4.63. The van der Waals surface area contributed by atoms with Crippen LogP contribution in [0.15, 0.2) is 24.3 Å². The van der Waals surface area contributed by atoms with Crippen LogP contribution in [0.25, 0.3) is 0 Å². The third kappa shape index (κ3) is 3.85. The van der Waals surface area contributed by atoms with Crippen molar-refractivity contribution in [3.8, 4) is 5.75 Å². The van der Waals surface area contributed by atoms with E-state index in [0.717, 1.165) is 49.1 Å². The van der Waals surface area contributed by atoms with E-state index >= 15 is 0 Å². The molecule has 28 heavy (non-hydrogen) atoms. The lowest BCUT2D eigenvalue weighted by Crippen LogP contribution is -2.48. The highest BCUT2D eigenvalue weighted by Crippen LogP contribution is 2.60. The molecule has 4 saturated carbocycles. The molecule has 0 radical (unpaired) electrons. The van der Waals surface area contributed by atoms with Gasteiger partial charge >= 0.3 is 0 Å². The summed E-state index contributed by atoms with van der Waals surface area (Å²) in [5, 5.41) is 10.4. The molecule has 0 unspecified atom stereocenters. The number of β-amino-alcohol motifs (C(OH)–C–C–N with tert-alkyl or cyclic N) is 1. The summed E-state index contributed by atoms with van der Waals surface area (Å²) in [6.45, 7) is 5.67. The Hall–Kier alpha value is -1.06. The molecule has 4 bridgehead atoms. The Morgan fingerprint density at radius 1 is 1.00 bits per heavy atom. The van der Waals surface area contributed by atoms with E-state index in [1.54, 1.807) is 5.56 Å². The third-order valence-electron chi connectivity index (χ3n) is 8.29. The minimum absolute atomic E-state index is 0.392. The standard InChI is InChI=1S/C25H37NO2/c1-18-6-8-26(9-7-18)16-23(27)17-28-24-4-2-22(3-5-24)25-13-19-10-20(14-25)12-21(11-19)15-25/h2-5,18-21,23,27H,6-17H2,1H3/t19?,20?,21?,23-,25?/m1/s1. The number of hydrogen-bond acceptors (Lipinski definition) is 3. The molecule has 1 saturated heterocycles. The molecule has 5 fully saturated rings. The van der Waals surface area contributed by atoms with E-state index in [9.17, 15) is 5.11 Å². The Morgan fingerprint density at radius 3 is 2.14 bits per heavy atom. The zero-order chi connectivity index (χ0) is 19.1. The Morgan fingerprint density at radius 2 is 1.57 bits per heavy atom. The van der Waals surface area contributed by atoms with Crippen molar-refractivity contribution in [3.63, 3.8) is 0 Å². The molecule has 1 heterocycles. The van der Waals surface area contributed by atoms with E-state index in [-0.39, 0.29) is 0 Å². The van der Waals surface area contributed by atoms with Gasteiger partial charge < -0.3 is 14.7 Å². The molecule has 1 aromatic carbocycles. The van der Waals surface area contributed by atoms with Crippen LogP contribution in [0.4, 0.5) is 0 Å². The number of hydrogen-bond donors (Lipinski definition) is 1. The first-order valence-corrected chi connectivity index (χ1v) is 11.7. The average molecular weight is 384 g/mol. The fraction of sp³-hybridized carbons (Fsp3) is 0.760. The van der Waals surface area contributed by atoms with Crippen LogP contribution in [-0.4, -0.2) is 42.4 Å². The quantitative estimate of drug-likeness (QED) is 0.778. The van der Waals surface area contributed by atoms with Crippen molar-refractivity contribution in [2.24, 2.45) is 23.7 Å². The lowest BCUT2D eigenvalue weighted by molar-refractivity contribution is -0.00522. The van der Waals surface area contributed by atoms with Crippen LogP contribution in [0.2, 0.25) is 0 Å². The molecule has 1 aliphatic heterocycles. The Balaban J connectivity index is 1.15. The molecule has 0 aromatic heterocycles. The van der Waals surface area contributed by atoms with Crippen LogP contribution < -0.4 is 4.74 Å². The second-order valence-corrected chi connectivity index (χ2v) is 10.7. The van der Waals surface area contributed by atoms with Gasteiger partial charge in [-0.2, -0.15) is 0 Å². The number of ether oxygens (including phenoxy) is 1. The highest BCUT2D eigenvalue weighted by atomic mass is 16.5. The van der Waals surface area contributed by atoms with Crippen LogP contribution in [0.1, 0.15) is 63.9 Å². The fourth-order valence-corrected chi connectivity index (χ4v) is 7.16. The first-order valence-electron chi connectivity index (χ1n) is 11.7. The minimum atomic E-state index is -0.406. The van der Waals surface area contributed by atoms with Crippen LogP contribution in [0.3, 0.4) is 0 Å². The second-order valence-electron chi connectivity index (χ2n) is 10.7. The Kier molecular flexibility index (Phi) is 5.17. The lowest BCUT2D eigenvalue weighted by atomic mass is 9.48. The van der Waals surface area contributed by atoms with E-state index in [4.69, 9.17) is 4.74 Å². The van der Waals surface area contributed by atoms with Crippen molar-refractivity contribution < 1.29 is 9.84 Å². The van der Waals surface area contributed by atoms with Gasteiger partial charge in [-0.3, -0.25) is 0 Å². The maximum Gasteiger partial charge on any atom is 0.119 e. The van der Waals surface area contributed by atoms with Crippen molar-refractivity contribution in [2.45, 2.75) is 69.8 Å². The summed E-state index contributed by atoms with van der Waals surface area (Å²) in [6.07, 6.45) is 10.8. The van der Waals surface area contributed by atoms with Crippen molar-refractivity contribution in [1.82, 2.24) is 4.90 Å². The molecule has 4 aliphatic carbocycles. The number of rotatable bonds is 6. The highest BCUT2D eigenvalue weighted by molar-refractivity contribution is 5.34. The molecule has 1 atom stereocenters. The zero-order valence-corrected chi connectivity index (χ0v) is 17.5. The Labute approximate surface area is 170 Å². The van der Waals surface area contributed by atoms with Gasteiger partial charge in [0.2, 0.25) is 0 Å². The van der Waals surface area contributed by atoms with Gasteiger partial charge in [0.25, 0.3) is 0 Å². The molecule has 5 aliphatic rings. The van der Waals surface area contributed by atoms with Gasteiger partial charge in [0.05, 0.1) is 0 Å². The largest absolute Gasteiger partial charge is 0.491 e. The number of aliphatic hydroxyl groups excluding tert-OH is 1. The smallest absolute Gasteiger partial charge is 0.119 e. The highest BCUT2D eigenvalue weighted by Gasteiger charge is 2.51. The van der Waals surface area contributed by atoms with Crippen LogP contribution in [0, 0.1) is 23.7 Å². The predicted molar refractivity (Wildman–Crippen MR) is 113 cm³/mol. The number of aliphatic hydroxyl groups is 1. The molecule has 3 nitrogen and oxygen atoms in total. The molecular weight excluding hydrogens is 346 g/mol. The number of benzene rings is 1. The fourth-order valence-electron chi connectivity index (χ4n) is 7.16. The maximum absolute atomic E-state index is 10.4. The SMILES string of the molecule is CC1CCN(C[C@@H](O)COc2ccc(C34CC5CC(CC(C5)C3)C4)cc2)CC1. The van der Waals surface area contributed by atoms with Gasteiger partial charge in [-0.15, -0.1) is 0 Å². The second kappa shape index (κ2) is 7.65. The summed E-state index contributed by atoms with van der Waals surface area (Å²) < 4.78 is 5.93. The summed E-state index contributed by atoms with van der Waals surface area (Å²) in [6, 6.07) is 8.92. The van der Waals surface area contributed by atoms with Crippen molar-refractivity contribution >= 4 is 0 Å². The molecule has 1 N–H and O–H groups in total. The topological polar surface area (TPSA) is 32.7 Å². The first-order chi connectivity index (χ1) is 13.6. The van der Waals surface area contributed by atoms with Gasteiger partial charge in [0, 0.05) is 6.54 Å². The van der Waals surface area contributed by atoms with E-state index in [1.807, 2.05) is 0 Å². The summed E-state index contributed by atoms with van der Waals surface area (Å²) in [5.74, 6) is 4.68. The molecule has 6 rings (SSSR count). The van der Waals surface area contributed by atoms with Crippen molar-refractivity contribution in [3.05, 3.63) is 29.8 Å². The zero-order valence-electron chi connectivity index (χ0n) is 17.5. The van der Waals surface area contributed by atoms with Crippen LogP contribution >= 0.6 is 0 Å². The van der Waals surface area contributed by atoms with E-state index in [1.165, 1.54) is 51.4 Å². The summed E-state index contributed by atoms with van der Waals surface area (Å²) in [7, 11) is 0. The lowest BCUT2D eigenvalue weighted by Gasteiger charge is -2.57. The third-order valence-corrected chi connectivity index (χ3v) is 8.29. The molecule has 0 spiro atoms. The van der Waals surface area contributed by atoms with Gasteiger partial charge in [-0.05, 0) is 111 Å². The van der Waals surface area contributed by atoms with Crippen LogP contribution in [-0.2, 0) is 5.41 Å². The summed E-state index contributed by atoms with van der Waals surface area (Å²) in [4.78, 5) is 2.38. The van der Waals surface area contributed by atoms with Crippen molar-refractivity contribution in [2.75, 3.05) is 26.2 Å². The van der Waals surface area contributed by atoms with E-state index in [2.05, 4.69) is 36.1 Å². The van der Waals surface area contributed by atoms with Crippen LogP contribution in [0.5, 0.6) is 5.75 Å².